The van der Waals surface area contributed by atoms with Crippen molar-refractivity contribution >= 4 is 23.4 Å². The molecule has 7 heteroatoms. The van der Waals surface area contributed by atoms with E-state index < -0.39 is 0 Å². The number of aromatic nitrogens is 4. The summed E-state index contributed by atoms with van der Waals surface area (Å²) in [6.45, 7) is 5.53. The van der Waals surface area contributed by atoms with Gasteiger partial charge in [-0.25, -0.2) is 0 Å². The molecule has 0 N–H and O–H groups in total. The zero-order chi connectivity index (χ0) is 19.1. The van der Waals surface area contributed by atoms with E-state index in [2.05, 4.69) is 26.7 Å². The van der Waals surface area contributed by atoms with E-state index >= 15 is 0 Å². The Hall–Kier alpha value is -2.67. The van der Waals surface area contributed by atoms with Gasteiger partial charge in [0, 0.05) is 36.7 Å². The minimum Gasteiger partial charge on any atom is -0.312 e. The number of pyridine rings is 1. The molecule has 0 spiro atoms. The van der Waals surface area contributed by atoms with Gasteiger partial charge in [-0.05, 0) is 37.6 Å². The molecule has 0 aliphatic heterocycles. The lowest BCUT2D eigenvalue weighted by Crippen LogP contribution is -2.32. The molecule has 1 amide bonds. The summed E-state index contributed by atoms with van der Waals surface area (Å²) in [4.78, 5) is 18.6. The average Bonchev–Trinajstić information content (AvgIpc) is 3.11. The monoisotopic (exact) mass is 381 g/mol. The van der Waals surface area contributed by atoms with Gasteiger partial charge in [0.15, 0.2) is 11.0 Å². The molecule has 0 aliphatic rings. The lowest BCUT2D eigenvalue weighted by molar-refractivity contribution is -0.116. The predicted molar refractivity (Wildman–Crippen MR) is 109 cm³/mol. The molecule has 0 fully saturated rings. The number of thioether (sulfide) groups is 1. The minimum absolute atomic E-state index is 0.0604. The fourth-order valence-electron chi connectivity index (χ4n) is 2.85. The molecule has 0 saturated heterocycles. The van der Waals surface area contributed by atoms with Crippen LogP contribution in [0.3, 0.4) is 0 Å². The Bertz CT molecular complexity index is 867. The first-order chi connectivity index (χ1) is 13.2. The summed E-state index contributed by atoms with van der Waals surface area (Å²) in [5.41, 5.74) is 1.89. The van der Waals surface area contributed by atoms with Crippen molar-refractivity contribution in [1.29, 1.82) is 0 Å². The van der Waals surface area contributed by atoms with Gasteiger partial charge >= 0.3 is 0 Å². The summed E-state index contributed by atoms with van der Waals surface area (Å²) < 4.78 is 2.08. The summed E-state index contributed by atoms with van der Waals surface area (Å²) in [7, 11) is 0. The molecule has 0 radical (unpaired) electrons. The highest BCUT2D eigenvalue weighted by atomic mass is 32.2. The van der Waals surface area contributed by atoms with Crippen LogP contribution in [0.5, 0.6) is 0 Å². The number of rotatable bonds is 8. The zero-order valence-electron chi connectivity index (χ0n) is 15.6. The third-order valence-electron chi connectivity index (χ3n) is 4.11. The van der Waals surface area contributed by atoms with Crippen LogP contribution in [0, 0.1) is 0 Å². The first-order valence-corrected chi connectivity index (χ1v) is 10.0. The van der Waals surface area contributed by atoms with E-state index in [9.17, 15) is 4.79 Å². The predicted octanol–water partition coefficient (Wildman–Crippen LogP) is 3.90. The van der Waals surface area contributed by atoms with E-state index in [0.29, 0.717) is 12.3 Å². The second-order valence-electron chi connectivity index (χ2n) is 5.96. The molecule has 0 saturated carbocycles. The fourth-order valence-corrected chi connectivity index (χ4v) is 3.69. The third kappa shape index (κ3) is 4.54. The van der Waals surface area contributed by atoms with E-state index in [-0.39, 0.29) is 5.91 Å². The quantitative estimate of drug-likeness (QED) is 0.554. The van der Waals surface area contributed by atoms with E-state index in [1.165, 1.54) is 11.8 Å². The van der Waals surface area contributed by atoms with Crippen molar-refractivity contribution in [3.8, 4) is 11.4 Å². The fraction of sp³-hybridized carbons (Fsp3) is 0.300. The van der Waals surface area contributed by atoms with E-state index in [1.54, 1.807) is 17.3 Å². The summed E-state index contributed by atoms with van der Waals surface area (Å²) in [5, 5.41) is 9.44. The third-order valence-corrected chi connectivity index (χ3v) is 5.06. The number of para-hydroxylation sites is 1. The minimum atomic E-state index is 0.0604. The van der Waals surface area contributed by atoms with E-state index in [0.717, 1.165) is 35.2 Å². The van der Waals surface area contributed by atoms with Gasteiger partial charge in [0.2, 0.25) is 5.91 Å². The van der Waals surface area contributed by atoms with Gasteiger partial charge in [0.05, 0.1) is 5.75 Å². The average molecular weight is 382 g/mol. The van der Waals surface area contributed by atoms with Crippen molar-refractivity contribution in [3.63, 3.8) is 0 Å². The maximum Gasteiger partial charge on any atom is 0.237 e. The zero-order valence-corrected chi connectivity index (χ0v) is 16.4. The molecule has 0 unspecified atom stereocenters. The van der Waals surface area contributed by atoms with Gasteiger partial charge in [-0.3, -0.25) is 9.78 Å². The van der Waals surface area contributed by atoms with Crippen molar-refractivity contribution in [2.75, 3.05) is 17.2 Å². The van der Waals surface area contributed by atoms with Crippen LogP contribution in [0.4, 0.5) is 5.69 Å². The number of benzene rings is 1. The normalized spacial score (nSPS) is 10.7. The molecule has 6 nitrogen and oxygen atoms in total. The molecular formula is C20H23N5OS. The Morgan fingerprint density at radius 3 is 2.48 bits per heavy atom. The van der Waals surface area contributed by atoms with Gasteiger partial charge < -0.3 is 9.47 Å². The molecule has 2 aromatic heterocycles. The maximum atomic E-state index is 12.7. The molecule has 27 heavy (non-hydrogen) atoms. The molecule has 0 atom stereocenters. The highest BCUT2D eigenvalue weighted by Gasteiger charge is 2.18. The molecule has 140 valence electrons. The molecule has 3 rings (SSSR count). The largest absolute Gasteiger partial charge is 0.312 e. The van der Waals surface area contributed by atoms with Crippen molar-refractivity contribution in [3.05, 3.63) is 54.9 Å². The lowest BCUT2D eigenvalue weighted by atomic mass is 10.2. The smallest absolute Gasteiger partial charge is 0.237 e. The molecule has 0 bridgehead atoms. The van der Waals surface area contributed by atoms with Crippen LogP contribution in [-0.4, -0.2) is 38.0 Å². The number of anilines is 1. The number of hydrogen-bond acceptors (Lipinski definition) is 5. The first kappa shape index (κ1) is 19.1. The SMILES string of the molecule is CCCn1c(SCC(=O)N(CC)c2ccccc2)nnc1-c1ccncc1. The molecule has 1 aromatic carbocycles. The van der Waals surface area contributed by atoms with Gasteiger partial charge in [-0.1, -0.05) is 36.9 Å². The Morgan fingerprint density at radius 1 is 1.07 bits per heavy atom. The molecule has 3 aromatic rings. The summed E-state index contributed by atoms with van der Waals surface area (Å²) in [6.07, 6.45) is 4.45. The van der Waals surface area contributed by atoms with Gasteiger partial charge in [-0.15, -0.1) is 10.2 Å². The standard InChI is InChI=1S/C20H23N5OS/c1-3-14-25-19(16-10-12-21-13-11-16)22-23-20(25)27-15-18(26)24(4-2)17-8-6-5-7-9-17/h5-13H,3-4,14-15H2,1-2H3. The van der Waals surface area contributed by atoms with Crippen molar-refractivity contribution < 1.29 is 4.79 Å². The van der Waals surface area contributed by atoms with Crippen LogP contribution in [-0.2, 0) is 11.3 Å². The first-order valence-electron chi connectivity index (χ1n) is 9.06. The number of hydrogen-bond donors (Lipinski definition) is 0. The van der Waals surface area contributed by atoms with Crippen LogP contribution in [0.1, 0.15) is 20.3 Å². The highest BCUT2D eigenvalue weighted by Crippen LogP contribution is 2.25. The molecular weight excluding hydrogens is 358 g/mol. The van der Waals surface area contributed by atoms with E-state index in [4.69, 9.17) is 0 Å². The van der Waals surface area contributed by atoms with Crippen molar-refractivity contribution in [1.82, 2.24) is 19.7 Å². The van der Waals surface area contributed by atoms with Crippen LogP contribution >= 0.6 is 11.8 Å². The van der Waals surface area contributed by atoms with Crippen molar-refractivity contribution in [2.45, 2.75) is 32.0 Å². The summed E-state index contributed by atoms with van der Waals surface area (Å²) in [6, 6.07) is 13.6. The number of carbonyl (C=O) groups is 1. The molecule has 0 aliphatic carbocycles. The Balaban J connectivity index is 1.76. The van der Waals surface area contributed by atoms with Crippen LogP contribution in [0.2, 0.25) is 0 Å². The van der Waals surface area contributed by atoms with E-state index in [1.807, 2.05) is 49.4 Å². The lowest BCUT2D eigenvalue weighted by Gasteiger charge is -2.20. The number of carbonyl (C=O) groups excluding carboxylic acids is 1. The van der Waals surface area contributed by atoms with Crippen LogP contribution in [0.25, 0.3) is 11.4 Å². The van der Waals surface area contributed by atoms with Gasteiger partial charge in [-0.2, -0.15) is 0 Å². The van der Waals surface area contributed by atoms with Crippen LogP contribution < -0.4 is 4.90 Å². The number of nitrogens with zero attached hydrogens (tertiary/aromatic N) is 5. The number of amides is 1. The van der Waals surface area contributed by atoms with Gasteiger partial charge in [0.25, 0.3) is 0 Å². The Labute approximate surface area is 163 Å². The van der Waals surface area contributed by atoms with Gasteiger partial charge in [0.1, 0.15) is 0 Å². The Morgan fingerprint density at radius 2 is 1.81 bits per heavy atom. The van der Waals surface area contributed by atoms with Crippen molar-refractivity contribution in [2.24, 2.45) is 0 Å². The summed E-state index contributed by atoms with van der Waals surface area (Å²) in [5.74, 6) is 1.19. The maximum absolute atomic E-state index is 12.7. The van der Waals surface area contributed by atoms with Crippen LogP contribution in [0.15, 0.2) is 60.0 Å². The Kier molecular flexibility index (Phi) is 6.59. The topological polar surface area (TPSA) is 63.9 Å². The highest BCUT2D eigenvalue weighted by molar-refractivity contribution is 7.99. The second kappa shape index (κ2) is 9.32. The second-order valence-corrected chi connectivity index (χ2v) is 6.90. The summed E-state index contributed by atoms with van der Waals surface area (Å²) >= 11 is 1.43. The molecule has 2 heterocycles.